The highest BCUT2D eigenvalue weighted by molar-refractivity contribution is 6.05. The van der Waals surface area contributed by atoms with Crippen LogP contribution in [0.1, 0.15) is 23.8 Å². The van der Waals surface area contributed by atoms with Gasteiger partial charge >= 0.3 is 12.2 Å². The predicted molar refractivity (Wildman–Crippen MR) is 110 cm³/mol. The lowest BCUT2D eigenvalue weighted by Crippen LogP contribution is -2.49. The van der Waals surface area contributed by atoms with E-state index in [4.69, 9.17) is 4.74 Å². The van der Waals surface area contributed by atoms with Crippen LogP contribution < -0.4 is 25.2 Å². The third kappa shape index (κ3) is 4.12. The first kappa shape index (κ1) is 21.7. The number of rotatable bonds is 4. The van der Waals surface area contributed by atoms with Crippen LogP contribution in [0.4, 0.5) is 35.3 Å². The van der Waals surface area contributed by atoms with Gasteiger partial charge in [-0.05, 0) is 31.5 Å². The average molecular weight is 450 g/mol. The van der Waals surface area contributed by atoms with Gasteiger partial charge in [0.05, 0.1) is 18.8 Å². The van der Waals surface area contributed by atoms with Crippen molar-refractivity contribution in [3.8, 4) is 5.75 Å². The molecule has 0 aromatic carbocycles. The number of pyridine rings is 2. The summed E-state index contributed by atoms with van der Waals surface area (Å²) in [6.07, 6.45) is -2.41. The van der Waals surface area contributed by atoms with E-state index in [-0.39, 0.29) is 23.4 Å². The molecule has 0 unspecified atom stereocenters. The number of amides is 3. The molecule has 0 spiro atoms. The summed E-state index contributed by atoms with van der Waals surface area (Å²) in [5.41, 5.74) is 0.424. The summed E-state index contributed by atoms with van der Waals surface area (Å²) < 4.78 is 43.6. The van der Waals surface area contributed by atoms with Crippen LogP contribution in [-0.2, 0) is 0 Å². The van der Waals surface area contributed by atoms with Crippen molar-refractivity contribution in [2.45, 2.75) is 31.6 Å². The van der Waals surface area contributed by atoms with Crippen molar-refractivity contribution in [3.05, 3.63) is 36.2 Å². The van der Waals surface area contributed by atoms with E-state index in [1.165, 1.54) is 24.3 Å². The molecular formula is C20H21F3N6O3. The highest BCUT2D eigenvalue weighted by atomic mass is 19.4. The zero-order chi connectivity index (χ0) is 23.0. The zero-order valence-corrected chi connectivity index (χ0v) is 17.3. The van der Waals surface area contributed by atoms with Gasteiger partial charge in [0.25, 0.3) is 5.91 Å². The Morgan fingerprint density at radius 1 is 1.28 bits per heavy atom. The molecule has 2 atom stereocenters. The van der Waals surface area contributed by atoms with Gasteiger partial charge in [0.2, 0.25) is 0 Å². The van der Waals surface area contributed by atoms with E-state index in [0.29, 0.717) is 30.9 Å². The zero-order valence-electron chi connectivity index (χ0n) is 17.3. The molecule has 170 valence electrons. The highest BCUT2D eigenvalue weighted by Crippen LogP contribution is 2.39. The van der Waals surface area contributed by atoms with E-state index in [1.807, 2.05) is 10.2 Å². The Morgan fingerprint density at radius 2 is 2.06 bits per heavy atom. The lowest BCUT2D eigenvalue weighted by atomic mass is 10.1. The number of hydrogen-bond donors (Lipinski definition) is 2. The topological polar surface area (TPSA) is 99.7 Å². The van der Waals surface area contributed by atoms with Crippen molar-refractivity contribution < 1.29 is 27.5 Å². The van der Waals surface area contributed by atoms with Gasteiger partial charge in [0, 0.05) is 25.4 Å². The molecular weight excluding hydrogens is 429 g/mol. The number of anilines is 3. The number of hydrogen-bond acceptors (Lipinski definition) is 6. The van der Waals surface area contributed by atoms with E-state index in [1.54, 1.807) is 18.2 Å². The van der Waals surface area contributed by atoms with Crippen LogP contribution in [0.3, 0.4) is 0 Å². The van der Waals surface area contributed by atoms with Gasteiger partial charge in [-0.3, -0.25) is 15.0 Å². The Bertz CT molecular complexity index is 1050. The number of methoxy groups -OCH3 is 1. The Morgan fingerprint density at radius 3 is 2.78 bits per heavy atom. The van der Waals surface area contributed by atoms with Crippen LogP contribution in [0.5, 0.6) is 5.75 Å². The van der Waals surface area contributed by atoms with Gasteiger partial charge in [-0.1, -0.05) is 0 Å². The quantitative estimate of drug-likeness (QED) is 0.743. The number of aromatic nitrogens is 2. The highest BCUT2D eigenvalue weighted by Gasteiger charge is 2.41. The summed E-state index contributed by atoms with van der Waals surface area (Å²) in [6.45, 7) is 2.13. The lowest BCUT2D eigenvalue weighted by molar-refractivity contribution is -0.149. The summed E-state index contributed by atoms with van der Waals surface area (Å²) in [5, 5.41) is 4.59. The maximum atomic E-state index is 13.1. The van der Waals surface area contributed by atoms with Crippen molar-refractivity contribution in [1.29, 1.82) is 0 Å². The first-order valence-electron chi connectivity index (χ1n) is 9.91. The second kappa shape index (κ2) is 8.17. The second-order valence-electron chi connectivity index (χ2n) is 7.55. The summed E-state index contributed by atoms with van der Waals surface area (Å²) >= 11 is 0. The SMILES string of the molecule is COc1ccnc(NC(=O)N2c3nc(C(=O)N[C@H](C)C(F)(F)F)ccc3N3CC[C@H]2C3)c1. The van der Waals surface area contributed by atoms with Gasteiger partial charge in [-0.2, -0.15) is 13.2 Å². The van der Waals surface area contributed by atoms with Gasteiger partial charge in [0.1, 0.15) is 23.3 Å². The number of alkyl halides is 3. The molecule has 4 heterocycles. The number of halogens is 3. The smallest absolute Gasteiger partial charge is 0.408 e. The molecule has 0 aliphatic carbocycles. The second-order valence-corrected chi connectivity index (χ2v) is 7.55. The molecule has 12 heteroatoms. The number of fused-ring (bicyclic) bond motifs is 4. The minimum atomic E-state index is -4.58. The largest absolute Gasteiger partial charge is 0.497 e. The molecule has 2 N–H and O–H groups in total. The molecule has 2 aliphatic heterocycles. The van der Waals surface area contributed by atoms with Crippen LogP contribution >= 0.6 is 0 Å². The van der Waals surface area contributed by atoms with Gasteiger partial charge in [-0.15, -0.1) is 0 Å². The molecule has 2 bridgehead atoms. The summed E-state index contributed by atoms with van der Waals surface area (Å²) in [6, 6.07) is 3.40. The summed E-state index contributed by atoms with van der Waals surface area (Å²) in [5.74, 6) is 0.0216. The molecule has 2 aliphatic rings. The van der Waals surface area contributed by atoms with E-state index in [2.05, 4.69) is 15.3 Å². The minimum absolute atomic E-state index is 0.201. The fraction of sp³-hybridized carbons (Fsp3) is 0.400. The fourth-order valence-electron chi connectivity index (χ4n) is 3.73. The van der Waals surface area contributed by atoms with Crippen molar-refractivity contribution in [2.75, 3.05) is 35.3 Å². The van der Waals surface area contributed by atoms with E-state index in [9.17, 15) is 22.8 Å². The Labute approximate surface area is 181 Å². The van der Waals surface area contributed by atoms with Gasteiger partial charge in [-0.25, -0.2) is 14.8 Å². The van der Waals surface area contributed by atoms with Crippen molar-refractivity contribution >= 4 is 29.3 Å². The van der Waals surface area contributed by atoms with E-state index < -0.39 is 24.2 Å². The number of nitrogens with zero attached hydrogens (tertiary/aromatic N) is 4. The third-order valence-corrected chi connectivity index (χ3v) is 5.44. The van der Waals surface area contributed by atoms with Crippen molar-refractivity contribution in [2.24, 2.45) is 0 Å². The lowest BCUT2D eigenvalue weighted by Gasteiger charge is -2.35. The Balaban J connectivity index is 1.62. The average Bonchev–Trinajstić information content (AvgIpc) is 3.17. The molecule has 3 amide bonds. The number of nitrogens with one attached hydrogen (secondary N) is 2. The molecule has 0 saturated carbocycles. The number of carbonyl (C=O) groups excluding carboxylic acids is 2. The number of urea groups is 1. The normalized spacial score (nSPS) is 18.1. The number of carbonyl (C=O) groups is 2. The standard InChI is InChI=1S/C20H21F3N6O3/c1-11(20(21,22)23)25-18(30)14-3-4-15-17(26-14)29(12-6-8-28(15)10-12)19(31)27-16-9-13(32-2)5-7-24-16/h3-5,7,9,11-12H,6,8,10H2,1-2H3,(H,25,30)(H,24,27,31)/t11-,12+/m1/s1. The summed E-state index contributed by atoms with van der Waals surface area (Å²) in [4.78, 5) is 37.3. The van der Waals surface area contributed by atoms with Crippen molar-refractivity contribution in [3.63, 3.8) is 0 Å². The van der Waals surface area contributed by atoms with E-state index in [0.717, 1.165) is 6.92 Å². The summed E-state index contributed by atoms with van der Waals surface area (Å²) in [7, 11) is 1.49. The predicted octanol–water partition coefficient (Wildman–Crippen LogP) is 2.80. The molecule has 0 radical (unpaired) electrons. The Kier molecular flexibility index (Phi) is 5.53. The van der Waals surface area contributed by atoms with Crippen LogP contribution in [-0.4, -0.2) is 60.4 Å². The molecule has 32 heavy (non-hydrogen) atoms. The van der Waals surface area contributed by atoms with Crippen LogP contribution in [0.25, 0.3) is 0 Å². The van der Waals surface area contributed by atoms with Gasteiger partial charge < -0.3 is 15.0 Å². The third-order valence-electron chi connectivity index (χ3n) is 5.44. The fourth-order valence-corrected chi connectivity index (χ4v) is 3.73. The molecule has 1 saturated heterocycles. The minimum Gasteiger partial charge on any atom is -0.497 e. The maximum Gasteiger partial charge on any atom is 0.408 e. The van der Waals surface area contributed by atoms with E-state index >= 15 is 0 Å². The molecule has 9 nitrogen and oxygen atoms in total. The molecule has 4 rings (SSSR count). The molecule has 2 aromatic rings. The number of ether oxygens (including phenoxy) is 1. The van der Waals surface area contributed by atoms with Crippen molar-refractivity contribution in [1.82, 2.24) is 15.3 Å². The van der Waals surface area contributed by atoms with Gasteiger partial charge in [0.15, 0.2) is 5.82 Å². The van der Waals surface area contributed by atoms with Crippen LogP contribution in [0.2, 0.25) is 0 Å². The van der Waals surface area contributed by atoms with Crippen LogP contribution in [0.15, 0.2) is 30.5 Å². The maximum absolute atomic E-state index is 13.1. The molecule has 1 fully saturated rings. The monoisotopic (exact) mass is 450 g/mol. The Hall–Kier alpha value is -3.57. The first-order chi connectivity index (χ1) is 15.2. The van der Waals surface area contributed by atoms with Crippen LogP contribution in [0, 0.1) is 0 Å². The first-order valence-corrected chi connectivity index (χ1v) is 9.91. The molecule has 2 aromatic heterocycles.